The van der Waals surface area contributed by atoms with Crippen molar-refractivity contribution in [2.45, 2.75) is 6.42 Å². The highest BCUT2D eigenvalue weighted by atomic mass is 35.5. The van der Waals surface area contributed by atoms with Gasteiger partial charge in [0, 0.05) is 17.0 Å². The van der Waals surface area contributed by atoms with Crippen LogP contribution >= 0.6 is 11.6 Å². The van der Waals surface area contributed by atoms with Gasteiger partial charge in [-0.1, -0.05) is 16.8 Å². The van der Waals surface area contributed by atoms with Gasteiger partial charge in [0.15, 0.2) is 5.69 Å². The van der Waals surface area contributed by atoms with Crippen LogP contribution in [0.4, 0.5) is 10.1 Å². The Kier molecular flexibility index (Phi) is 3.85. The molecule has 0 saturated heterocycles. The third kappa shape index (κ3) is 3.06. The third-order valence-electron chi connectivity index (χ3n) is 3.81. The molecule has 25 heavy (non-hydrogen) atoms. The Morgan fingerprint density at radius 2 is 2.08 bits per heavy atom. The number of hydrogen-bond acceptors (Lipinski definition) is 4. The minimum absolute atomic E-state index is 0.121. The number of ether oxygens (including phenoxy) is 1. The molecule has 1 amide bonds. The van der Waals surface area contributed by atoms with Crippen LogP contribution < -0.4 is 10.1 Å². The summed E-state index contributed by atoms with van der Waals surface area (Å²) in [5.74, 6) is -0.159. The van der Waals surface area contributed by atoms with Crippen LogP contribution in [0.5, 0.6) is 5.75 Å². The number of nitrogens with zero attached hydrogens (tertiary/aromatic N) is 3. The van der Waals surface area contributed by atoms with Gasteiger partial charge in [0.1, 0.15) is 11.6 Å². The lowest BCUT2D eigenvalue weighted by atomic mass is 10.1. The van der Waals surface area contributed by atoms with Crippen LogP contribution in [0.2, 0.25) is 5.02 Å². The second kappa shape index (κ2) is 6.18. The third-order valence-corrected chi connectivity index (χ3v) is 4.03. The van der Waals surface area contributed by atoms with Crippen molar-refractivity contribution in [3.05, 3.63) is 64.7 Å². The molecule has 1 N–H and O–H groups in total. The average molecular weight is 359 g/mol. The van der Waals surface area contributed by atoms with Gasteiger partial charge in [-0.05, 0) is 36.4 Å². The summed E-state index contributed by atoms with van der Waals surface area (Å²) in [6.07, 6.45) is 2.22. The summed E-state index contributed by atoms with van der Waals surface area (Å²) in [6, 6.07) is 9.16. The molecular formula is C17H12ClFN4O2. The zero-order chi connectivity index (χ0) is 17.4. The van der Waals surface area contributed by atoms with Crippen LogP contribution in [0.3, 0.4) is 0 Å². The predicted octanol–water partition coefficient (Wildman–Crippen LogP) is 3.25. The van der Waals surface area contributed by atoms with E-state index in [0.717, 1.165) is 12.0 Å². The topological polar surface area (TPSA) is 69.0 Å². The first kappa shape index (κ1) is 15.6. The molecule has 0 fully saturated rings. The van der Waals surface area contributed by atoms with Crippen LogP contribution in [-0.2, 0) is 6.42 Å². The number of carbonyl (C=O) groups is 1. The lowest BCUT2D eigenvalue weighted by Crippen LogP contribution is -2.13. The number of amides is 1. The molecule has 0 aliphatic carbocycles. The maximum absolute atomic E-state index is 13.0. The molecule has 0 radical (unpaired) electrons. The largest absolute Gasteiger partial charge is 0.491 e. The number of benzene rings is 2. The second-order valence-electron chi connectivity index (χ2n) is 5.52. The van der Waals surface area contributed by atoms with Gasteiger partial charge in [-0.15, -0.1) is 5.10 Å². The Morgan fingerprint density at radius 1 is 1.28 bits per heavy atom. The van der Waals surface area contributed by atoms with Crippen molar-refractivity contribution < 1.29 is 13.9 Å². The van der Waals surface area contributed by atoms with Gasteiger partial charge < -0.3 is 10.1 Å². The van der Waals surface area contributed by atoms with Crippen molar-refractivity contribution in [1.29, 1.82) is 0 Å². The number of aromatic nitrogens is 3. The number of carbonyl (C=O) groups excluding carboxylic acids is 1. The summed E-state index contributed by atoms with van der Waals surface area (Å²) < 4.78 is 19.9. The fraction of sp³-hybridized carbons (Fsp3) is 0.118. The van der Waals surface area contributed by atoms with Gasteiger partial charge in [0.2, 0.25) is 0 Å². The molecule has 0 spiro atoms. The van der Waals surface area contributed by atoms with Crippen LogP contribution in [-0.4, -0.2) is 27.5 Å². The molecule has 1 aliphatic rings. The molecule has 3 aromatic rings. The summed E-state index contributed by atoms with van der Waals surface area (Å²) in [7, 11) is 0. The number of hydrogen-bond donors (Lipinski definition) is 1. The molecule has 0 unspecified atom stereocenters. The Hall–Kier alpha value is -2.93. The van der Waals surface area contributed by atoms with E-state index in [9.17, 15) is 9.18 Å². The molecule has 2 heterocycles. The van der Waals surface area contributed by atoms with Crippen LogP contribution in [0, 0.1) is 5.82 Å². The predicted molar refractivity (Wildman–Crippen MR) is 89.9 cm³/mol. The van der Waals surface area contributed by atoms with E-state index in [4.69, 9.17) is 16.3 Å². The number of halogens is 2. The smallest absolute Gasteiger partial charge is 0.277 e. The zero-order valence-electron chi connectivity index (χ0n) is 12.9. The van der Waals surface area contributed by atoms with E-state index < -0.39 is 5.91 Å². The standard InChI is InChI=1S/C17H12ClFN4O2/c18-11-7-10-5-6-25-16(10)14(8-11)20-17(24)15-9-23(22-21-15)13-3-1-12(19)2-4-13/h1-4,7-9H,5-6H2,(H,20,24). The van der Waals surface area contributed by atoms with Gasteiger partial charge >= 0.3 is 0 Å². The minimum atomic E-state index is -0.437. The Morgan fingerprint density at radius 3 is 2.88 bits per heavy atom. The Balaban J connectivity index is 1.58. The summed E-state index contributed by atoms with van der Waals surface area (Å²) in [6.45, 7) is 0.555. The van der Waals surface area contributed by atoms with Crippen molar-refractivity contribution in [2.75, 3.05) is 11.9 Å². The van der Waals surface area contributed by atoms with Crippen molar-refractivity contribution in [3.63, 3.8) is 0 Å². The molecular weight excluding hydrogens is 347 g/mol. The maximum atomic E-state index is 13.0. The molecule has 2 aromatic carbocycles. The maximum Gasteiger partial charge on any atom is 0.277 e. The van der Waals surface area contributed by atoms with Crippen LogP contribution in [0.1, 0.15) is 16.1 Å². The molecule has 0 bridgehead atoms. The average Bonchev–Trinajstić information content (AvgIpc) is 3.24. The molecule has 6 nitrogen and oxygen atoms in total. The fourth-order valence-corrected chi connectivity index (χ4v) is 2.88. The van der Waals surface area contributed by atoms with Gasteiger partial charge in [0.05, 0.1) is 24.2 Å². The van der Waals surface area contributed by atoms with Crippen LogP contribution in [0.15, 0.2) is 42.6 Å². The lowest BCUT2D eigenvalue weighted by Gasteiger charge is -2.09. The second-order valence-corrected chi connectivity index (χ2v) is 5.96. The van der Waals surface area contributed by atoms with Crippen molar-refractivity contribution in [1.82, 2.24) is 15.0 Å². The highest BCUT2D eigenvalue weighted by Crippen LogP contribution is 2.36. The molecule has 126 valence electrons. The molecule has 1 aliphatic heterocycles. The van der Waals surface area contributed by atoms with Gasteiger partial charge in [-0.3, -0.25) is 4.79 Å². The van der Waals surface area contributed by atoms with E-state index in [1.807, 2.05) is 6.07 Å². The van der Waals surface area contributed by atoms with E-state index in [1.54, 1.807) is 18.2 Å². The van der Waals surface area contributed by atoms with Crippen molar-refractivity contribution in [2.24, 2.45) is 0 Å². The normalized spacial score (nSPS) is 12.6. The molecule has 0 saturated carbocycles. The van der Waals surface area contributed by atoms with Crippen LogP contribution in [0.25, 0.3) is 5.69 Å². The number of anilines is 1. The molecule has 8 heteroatoms. The van der Waals surface area contributed by atoms with E-state index >= 15 is 0 Å². The molecule has 4 rings (SSSR count). The highest BCUT2D eigenvalue weighted by Gasteiger charge is 2.20. The first-order valence-corrected chi connectivity index (χ1v) is 7.93. The quantitative estimate of drug-likeness (QED) is 0.780. The highest BCUT2D eigenvalue weighted by molar-refractivity contribution is 6.31. The summed E-state index contributed by atoms with van der Waals surface area (Å²) >= 11 is 6.09. The van der Waals surface area contributed by atoms with Gasteiger partial charge in [0.25, 0.3) is 5.91 Å². The first-order chi connectivity index (χ1) is 12.1. The summed E-state index contributed by atoms with van der Waals surface area (Å²) in [5.41, 5.74) is 2.18. The number of fused-ring (bicyclic) bond motifs is 1. The zero-order valence-corrected chi connectivity index (χ0v) is 13.6. The van der Waals surface area contributed by atoms with Gasteiger partial charge in [-0.2, -0.15) is 0 Å². The fourth-order valence-electron chi connectivity index (χ4n) is 2.64. The van der Waals surface area contributed by atoms with Crippen molar-refractivity contribution >= 4 is 23.2 Å². The van der Waals surface area contributed by atoms with E-state index in [-0.39, 0.29) is 11.5 Å². The Labute approximate surface area is 147 Å². The summed E-state index contributed by atoms with van der Waals surface area (Å²) in [5, 5.41) is 11.0. The minimum Gasteiger partial charge on any atom is -0.491 e. The number of rotatable bonds is 3. The van der Waals surface area contributed by atoms with Gasteiger partial charge in [-0.25, -0.2) is 9.07 Å². The summed E-state index contributed by atoms with van der Waals surface area (Å²) in [4.78, 5) is 12.4. The lowest BCUT2D eigenvalue weighted by molar-refractivity contribution is 0.102. The molecule has 1 aromatic heterocycles. The van der Waals surface area contributed by atoms with E-state index in [0.29, 0.717) is 28.8 Å². The molecule has 0 atom stereocenters. The van der Waals surface area contributed by atoms with Crippen molar-refractivity contribution in [3.8, 4) is 11.4 Å². The SMILES string of the molecule is O=C(Nc1cc(Cl)cc2c1OCC2)c1cn(-c2ccc(F)cc2)nn1. The number of nitrogens with one attached hydrogen (secondary N) is 1. The monoisotopic (exact) mass is 358 g/mol. The Bertz CT molecular complexity index is 956. The van der Waals surface area contributed by atoms with E-state index in [1.165, 1.54) is 23.0 Å². The van der Waals surface area contributed by atoms with E-state index in [2.05, 4.69) is 15.6 Å². The first-order valence-electron chi connectivity index (χ1n) is 7.55.